The zero-order valence-electron chi connectivity index (χ0n) is 15.9. The Balaban J connectivity index is 1.67. The van der Waals surface area contributed by atoms with Crippen LogP contribution in [0, 0.1) is 0 Å². The van der Waals surface area contributed by atoms with Gasteiger partial charge in [0.25, 0.3) is 5.91 Å². The summed E-state index contributed by atoms with van der Waals surface area (Å²) in [6, 6.07) is 25.7. The van der Waals surface area contributed by atoms with E-state index in [1.165, 1.54) is 23.9 Å². The average molecular weight is 414 g/mol. The first kappa shape index (κ1) is 19.7. The lowest BCUT2D eigenvalue weighted by molar-refractivity contribution is -0.122. The van der Waals surface area contributed by atoms with Crippen LogP contribution in [0.4, 0.5) is 5.69 Å². The molecule has 1 heterocycles. The highest BCUT2D eigenvalue weighted by Gasteiger charge is 2.33. The molecule has 1 fully saturated rings. The number of carboxylic acid groups (broad SMARTS) is 1. The van der Waals surface area contributed by atoms with Gasteiger partial charge in [-0.2, -0.15) is 0 Å². The van der Waals surface area contributed by atoms with E-state index in [1.54, 1.807) is 23.1 Å². The Morgan fingerprint density at radius 3 is 2.20 bits per heavy atom. The molecule has 5 nitrogen and oxygen atoms in total. The van der Waals surface area contributed by atoms with Gasteiger partial charge in [0.1, 0.15) is 0 Å². The molecule has 3 aromatic rings. The van der Waals surface area contributed by atoms with Crippen LogP contribution in [0.1, 0.15) is 21.5 Å². The molecule has 6 heteroatoms. The molecule has 0 radical (unpaired) electrons. The average Bonchev–Trinajstić information content (AvgIpc) is 3.04. The topological polar surface area (TPSA) is 70.0 Å². The molecule has 0 aliphatic carbocycles. The number of carbonyl (C=O) groups excluding carboxylic acids is 1. The third-order valence-electron chi connectivity index (χ3n) is 4.51. The number of nitrogens with zero attached hydrogens (tertiary/aromatic N) is 2. The van der Waals surface area contributed by atoms with Crippen LogP contribution in [0.15, 0.2) is 94.8 Å². The highest BCUT2D eigenvalue weighted by Crippen LogP contribution is 2.35. The number of hydrogen-bond donors (Lipinski definition) is 1. The predicted octanol–water partition coefficient (Wildman–Crippen LogP) is 5.19. The number of rotatable bonds is 5. The summed E-state index contributed by atoms with van der Waals surface area (Å²) in [5.74, 6) is -1.10. The lowest BCUT2D eigenvalue weighted by atomic mass is 10.1. The van der Waals surface area contributed by atoms with Crippen LogP contribution in [-0.4, -0.2) is 27.1 Å². The number of amides is 1. The number of amidine groups is 1. The van der Waals surface area contributed by atoms with Crippen LogP contribution in [0.5, 0.6) is 0 Å². The van der Waals surface area contributed by atoms with Gasteiger partial charge in [-0.05, 0) is 53.2 Å². The van der Waals surface area contributed by atoms with E-state index in [9.17, 15) is 9.59 Å². The van der Waals surface area contributed by atoms with Crippen LogP contribution < -0.4 is 0 Å². The Bertz CT molecular complexity index is 1120. The molecule has 3 aromatic carbocycles. The Morgan fingerprint density at radius 2 is 1.57 bits per heavy atom. The molecule has 1 aliphatic heterocycles. The number of benzene rings is 3. The largest absolute Gasteiger partial charge is 0.478 e. The molecule has 1 N–H and O–H groups in total. The standard InChI is InChI=1S/C24H18N2O3S/c27-22-21(15-17-11-13-19(14-12-17)23(28)29)30-24(25-20-9-5-2-6-10-20)26(22)16-18-7-3-1-4-8-18/h1-15H,16H2,(H,28,29)/b21-15-,25-24?. The van der Waals surface area contributed by atoms with Crippen LogP contribution >= 0.6 is 11.8 Å². The van der Waals surface area contributed by atoms with E-state index >= 15 is 0 Å². The summed E-state index contributed by atoms with van der Waals surface area (Å²) in [6.45, 7) is 0.424. The zero-order valence-corrected chi connectivity index (χ0v) is 16.8. The maximum absolute atomic E-state index is 13.2. The normalized spacial score (nSPS) is 16.4. The highest BCUT2D eigenvalue weighted by atomic mass is 32.2. The van der Waals surface area contributed by atoms with Gasteiger partial charge in [0.2, 0.25) is 0 Å². The van der Waals surface area contributed by atoms with E-state index in [0.717, 1.165) is 16.8 Å². The van der Waals surface area contributed by atoms with Crippen LogP contribution in [0.25, 0.3) is 6.08 Å². The second-order valence-electron chi connectivity index (χ2n) is 6.64. The third kappa shape index (κ3) is 4.50. The molecule has 0 atom stereocenters. The Hall–Kier alpha value is -3.64. The first-order valence-electron chi connectivity index (χ1n) is 9.32. The van der Waals surface area contributed by atoms with E-state index in [4.69, 9.17) is 5.11 Å². The van der Waals surface area contributed by atoms with Gasteiger partial charge in [-0.1, -0.05) is 60.7 Å². The SMILES string of the molecule is O=C(O)c1ccc(/C=C2\SC(=Nc3ccccc3)N(Cc3ccccc3)C2=O)cc1. The van der Waals surface area contributed by atoms with Crippen molar-refractivity contribution in [2.75, 3.05) is 0 Å². The molecule has 0 aromatic heterocycles. The summed E-state index contributed by atoms with van der Waals surface area (Å²) in [6.07, 6.45) is 1.77. The van der Waals surface area contributed by atoms with Crippen molar-refractivity contribution in [2.24, 2.45) is 4.99 Å². The molecule has 148 valence electrons. The van der Waals surface area contributed by atoms with Crippen molar-refractivity contribution >= 4 is 40.6 Å². The molecule has 0 saturated carbocycles. The number of carbonyl (C=O) groups is 2. The van der Waals surface area contributed by atoms with Gasteiger partial charge < -0.3 is 5.11 Å². The minimum absolute atomic E-state index is 0.124. The molecule has 4 rings (SSSR count). The fourth-order valence-electron chi connectivity index (χ4n) is 2.98. The second kappa shape index (κ2) is 8.80. The summed E-state index contributed by atoms with van der Waals surface area (Å²) in [5, 5.41) is 9.67. The molecular formula is C24H18N2O3S. The fourth-order valence-corrected chi connectivity index (χ4v) is 3.98. The summed E-state index contributed by atoms with van der Waals surface area (Å²) in [7, 11) is 0. The highest BCUT2D eigenvalue weighted by molar-refractivity contribution is 8.18. The summed E-state index contributed by atoms with van der Waals surface area (Å²) < 4.78 is 0. The second-order valence-corrected chi connectivity index (χ2v) is 7.65. The number of aliphatic imine (C=N–C) groups is 1. The van der Waals surface area contributed by atoms with Gasteiger partial charge in [0, 0.05) is 0 Å². The van der Waals surface area contributed by atoms with Crippen LogP contribution in [-0.2, 0) is 11.3 Å². The van der Waals surface area contributed by atoms with Gasteiger partial charge in [-0.3, -0.25) is 9.69 Å². The molecule has 1 aliphatic rings. The van der Waals surface area contributed by atoms with Crippen molar-refractivity contribution < 1.29 is 14.7 Å². The van der Waals surface area contributed by atoms with Crippen molar-refractivity contribution in [1.82, 2.24) is 4.90 Å². The van der Waals surface area contributed by atoms with E-state index in [2.05, 4.69) is 4.99 Å². The van der Waals surface area contributed by atoms with Crippen molar-refractivity contribution in [2.45, 2.75) is 6.54 Å². The maximum atomic E-state index is 13.2. The number of aromatic carboxylic acids is 1. The Labute approximate surface area is 178 Å². The van der Waals surface area contributed by atoms with Gasteiger partial charge >= 0.3 is 5.97 Å². The minimum atomic E-state index is -0.980. The molecule has 0 bridgehead atoms. The van der Waals surface area contributed by atoms with E-state index < -0.39 is 5.97 Å². The molecular weight excluding hydrogens is 396 g/mol. The van der Waals surface area contributed by atoms with E-state index in [-0.39, 0.29) is 11.5 Å². The minimum Gasteiger partial charge on any atom is -0.478 e. The van der Waals surface area contributed by atoms with Crippen molar-refractivity contribution in [1.29, 1.82) is 0 Å². The summed E-state index contributed by atoms with van der Waals surface area (Å²) >= 11 is 1.32. The van der Waals surface area contributed by atoms with Crippen molar-refractivity contribution in [3.8, 4) is 0 Å². The van der Waals surface area contributed by atoms with E-state index in [1.807, 2.05) is 60.7 Å². The molecule has 30 heavy (non-hydrogen) atoms. The van der Waals surface area contributed by atoms with E-state index in [0.29, 0.717) is 16.6 Å². The number of carboxylic acids is 1. The van der Waals surface area contributed by atoms with Gasteiger partial charge in [-0.25, -0.2) is 9.79 Å². The zero-order chi connectivity index (χ0) is 20.9. The summed E-state index contributed by atoms with van der Waals surface area (Å²) in [4.78, 5) is 31.1. The smallest absolute Gasteiger partial charge is 0.335 e. The fraction of sp³-hybridized carbons (Fsp3) is 0.0417. The van der Waals surface area contributed by atoms with Gasteiger partial charge in [0.05, 0.1) is 22.7 Å². The maximum Gasteiger partial charge on any atom is 0.335 e. The lowest BCUT2D eigenvalue weighted by Crippen LogP contribution is -2.28. The predicted molar refractivity (Wildman–Crippen MR) is 119 cm³/mol. The monoisotopic (exact) mass is 414 g/mol. The van der Waals surface area contributed by atoms with Crippen LogP contribution in [0.3, 0.4) is 0 Å². The first-order chi connectivity index (χ1) is 14.6. The number of thioether (sulfide) groups is 1. The molecule has 1 saturated heterocycles. The number of hydrogen-bond acceptors (Lipinski definition) is 4. The van der Waals surface area contributed by atoms with Crippen LogP contribution in [0.2, 0.25) is 0 Å². The quantitative estimate of drug-likeness (QED) is 0.584. The third-order valence-corrected chi connectivity index (χ3v) is 5.51. The van der Waals surface area contributed by atoms with Crippen molar-refractivity contribution in [3.63, 3.8) is 0 Å². The van der Waals surface area contributed by atoms with Crippen molar-refractivity contribution in [3.05, 3.63) is 107 Å². The van der Waals surface area contributed by atoms with Gasteiger partial charge in [0.15, 0.2) is 5.17 Å². The summed E-state index contributed by atoms with van der Waals surface area (Å²) in [5.41, 5.74) is 2.76. The lowest BCUT2D eigenvalue weighted by Gasteiger charge is -2.15. The molecule has 0 unspecified atom stereocenters. The first-order valence-corrected chi connectivity index (χ1v) is 10.1. The number of para-hydroxylation sites is 1. The Kier molecular flexibility index (Phi) is 5.77. The molecule has 0 spiro atoms. The Morgan fingerprint density at radius 1 is 0.933 bits per heavy atom. The molecule has 1 amide bonds. The van der Waals surface area contributed by atoms with Gasteiger partial charge in [-0.15, -0.1) is 0 Å².